The van der Waals surface area contributed by atoms with Gasteiger partial charge < -0.3 is 23.8 Å². The van der Waals surface area contributed by atoms with E-state index in [0.29, 0.717) is 52.7 Å². The highest BCUT2D eigenvalue weighted by Gasteiger charge is 2.47. The molecule has 1 saturated carbocycles. The maximum Gasteiger partial charge on any atom is 0.319 e. The molecular weight excluding hydrogens is 711 g/mol. The Labute approximate surface area is 317 Å². The van der Waals surface area contributed by atoms with Crippen molar-refractivity contribution >= 4 is 58.4 Å². The van der Waals surface area contributed by atoms with Gasteiger partial charge in [-0.05, 0) is 63.5 Å². The van der Waals surface area contributed by atoms with Crippen LogP contribution >= 0.6 is 35.0 Å². The van der Waals surface area contributed by atoms with Crippen LogP contribution in [-0.4, -0.2) is 66.7 Å². The molecule has 2 aromatic rings. The van der Waals surface area contributed by atoms with Crippen molar-refractivity contribution in [2.45, 2.75) is 109 Å². The highest BCUT2D eigenvalue weighted by atomic mass is 35.5. The average molecular weight is 766 g/mol. The van der Waals surface area contributed by atoms with Crippen molar-refractivity contribution in [1.29, 1.82) is 0 Å². The van der Waals surface area contributed by atoms with Gasteiger partial charge in [0, 0.05) is 66.8 Å². The topological polar surface area (TPSA) is 104 Å². The van der Waals surface area contributed by atoms with E-state index in [9.17, 15) is 14.4 Å². The summed E-state index contributed by atoms with van der Waals surface area (Å²) < 4.78 is 22.6. The second-order valence-electron chi connectivity index (χ2n) is 14.1. The Kier molecular flexibility index (Phi) is 16.1. The van der Waals surface area contributed by atoms with E-state index >= 15 is 0 Å². The number of esters is 2. The molecule has 0 amide bonds. The molecular formula is C39H54Cl2N2O7S. The maximum absolute atomic E-state index is 13.5. The molecule has 0 radical (unpaired) electrons. The number of Topliss-reactive ketones (excluding diaryl/α,β-unsaturated/α-hetero) is 1. The third-order valence-corrected chi connectivity index (χ3v) is 12.3. The van der Waals surface area contributed by atoms with Crippen molar-refractivity contribution < 1.29 is 33.3 Å². The first-order valence-corrected chi connectivity index (χ1v) is 20.0. The van der Waals surface area contributed by atoms with Crippen molar-refractivity contribution in [3.63, 3.8) is 0 Å². The number of cyclic esters (lactones) is 1. The predicted molar refractivity (Wildman–Crippen MR) is 204 cm³/mol. The summed E-state index contributed by atoms with van der Waals surface area (Å²) in [6.45, 7) is 8.84. The van der Waals surface area contributed by atoms with Crippen molar-refractivity contribution in [3.05, 3.63) is 46.2 Å². The molecule has 2 heterocycles. The number of carbonyl (C=O) groups is 3. The number of rotatable bonds is 20. The molecule has 1 aromatic carbocycles. The summed E-state index contributed by atoms with van der Waals surface area (Å²) >= 11 is 14.7. The summed E-state index contributed by atoms with van der Waals surface area (Å²) in [5.41, 5.74) is 1.66. The molecule has 0 spiro atoms. The van der Waals surface area contributed by atoms with Gasteiger partial charge in [-0.3, -0.25) is 19.4 Å². The van der Waals surface area contributed by atoms with Crippen LogP contribution in [-0.2, 0) is 30.4 Å². The number of ketones is 1. The van der Waals surface area contributed by atoms with Crippen LogP contribution in [0.4, 0.5) is 5.69 Å². The largest absolute Gasteiger partial charge is 0.493 e. The highest BCUT2D eigenvalue weighted by molar-refractivity contribution is 8.00. The van der Waals surface area contributed by atoms with E-state index < -0.39 is 5.25 Å². The zero-order valence-electron chi connectivity index (χ0n) is 30.8. The predicted octanol–water partition coefficient (Wildman–Crippen LogP) is 8.99. The van der Waals surface area contributed by atoms with Crippen LogP contribution in [0.2, 0.25) is 10.0 Å². The monoisotopic (exact) mass is 764 g/mol. The van der Waals surface area contributed by atoms with Crippen LogP contribution in [0.1, 0.15) is 91.0 Å². The van der Waals surface area contributed by atoms with Crippen LogP contribution in [0.3, 0.4) is 0 Å². The van der Waals surface area contributed by atoms with Crippen molar-refractivity contribution in [3.8, 4) is 11.5 Å². The molecule has 0 bridgehead atoms. The van der Waals surface area contributed by atoms with E-state index in [1.54, 1.807) is 19.5 Å². The normalized spacial score (nSPS) is 20.8. The van der Waals surface area contributed by atoms with Crippen LogP contribution in [0.15, 0.2) is 30.6 Å². The zero-order chi connectivity index (χ0) is 37.1. The van der Waals surface area contributed by atoms with E-state index in [1.165, 1.54) is 18.9 Å². The average Bonchev–Trinajstić information content (AvgIpc) is 3.73. The standard InChI is InChI=1S/C39H54Cl2N2O7S/c1-24(10-9-11-25(2)38(45)48-6)14-16-33(44)26(3)36-27(4)49-39(46)37(36)51-19-18-43(23-30-31(40)21-42-22-32(30)41)28-15-17-34(47-5)35(20-28)50-29-12-7-8-13-29/h15,17,20-22,24-27,29,36-37H,7-14,16,18-19,23H2,1-6H3/t24?,25?,26?,27?,36?,37-/m0/s1. The summed E-state index contributed by atoms with van der Waals surface area (Å²) in [4.78, 5) is 44.6. The lowest BCUT2D eigenvalue weighted by Crippen LogP contribution is -2.34. The molecule has 1 aliphatic carbocycles. The number of methoxy groups -OCH3 is 2. The number of thioether (sulfide) groups is 1. The first-order valence-electron chi connectivity index (χ1n) is 18.2. The summed E-state index contributed by atoms with van der Waals surface area (Å²) in [6.07, 6.45) is 11.2. The minimum atomic E-state index is -0.455. The molecule has 1 saturated heterocycles. The number of halogens is 2. The summed E-state index contributed by atoms with van der Waals surface area (Å²) in [5, 5.41) is 0.492. The van der Waals surface area contributed by atoms with E-state index in [-0.39, 0.29) is 47.7 Å². The number of hydrogen-bond acceptors (Lipinski definition) is 10. The zero-order valence-corrected chi connectivity index (χ0v) is 33.2. The van der Waals surface area contributed by atoms with E-state index in [2.05, 4.69) is 16.8 Å². The molecule has 1 aromatic heterocycles. The second-order valence-corrected chi connectivity index (χ2v) is 16.2. The van der Waals surface area contributed by atoms with Gasteiger partial charge in [-0.2, -0.15) is 0 Å². The second kappa shape index (κ2) is 20.0. The third-order valence-electron chi connectivity index (χ3n) is 10.4. The molecule has 0 N–H and O–H groups in total. The van der Waals surface area contributed by atoms with Gasteiger partial charge in [0.2, 0.25) is 0 Å². The van der Waals surface area contributed by atoms with Gasteiger partial charge in [0.15, 0.2) is 11.5 Å². The Bertz CT molecular complexity index is 1450. The van der Waals surface area contributed by atoms with Crippen LogP contribution in [0.5, 0.6) is 11.5 Å². The van der Waals surface area contributed by atoms with E-state index in [1.807, 2.05) is 39.0 Å². The first kappa shape index (κ1) is 41.1. The number of aromatic nitrogens is 1. The van der Waals surface area contributed by atoms with Crippen molar-refractivity contribution in [2.75, 3.05) is 31.4 Å². The van der Waals surface area contributed by atoms with Crippen LogP contribution < -0.4 is 14.4 Å². The minimum absolute atomic E-state index is 0.123. The molecule has 12 heteroatoms. The molecule has 51 heavy (non-hydrogen) atoms. The van der Waals surface area contributed by atoms with Gasteiger partial charge in [-0.25, -0.2) is 0 Å². The lowest BCUT2D eigenvalue weighted by Gasteiger charge is -2.28. The SMILES string of the molecule is COC(=O)C(C)CCCC(C)CCC(=O)C(C)C1C(C)OC(=O)[C@H]1SCCN(Cc1c(Cl)cncc1Cl)c1ccc(OC)c(OC2CCCC2)c1. The Balaban J connectivity index is 1.42. The van der Waals surface area contributed by atoms with Gasteiger partial charge in [-0.1, -0.05) is 56.8 Å². The van der Waals surface area contributed by atoms with E-state index in [0.717, 1.165) is 62.6 Å². The number of carbonyl (C=O) groups excluding carboxylic acids is 3. The fourth-order valence-electron chi connectivity index (χ4n) is 7.16. The van der Waals surface area contributed by atoms with Crippen molar-refractivity contribution in [2.24, 2.45) is 23.7 Å². The maximum atomic E-state index is 13.5. The van der Waals surface area contributed by atoms with Gasteiger partial charge in [-0.15, -0.1) is 11.8 Å². The molecule has 282 valence electrons. The van der Waals surface area contributed by atoms with Gasteiger partial charge in [0.25, 0.3) is 0 Å². The van der Waals surface area contributed by atoms with E-state index in [4.69, 9.17) is 42.1 Å². The summed E-state index contributed by atoms with van der Waals surface area (Å²) in [5.74, 6) is 1.34. The summed E-state index contributed by atoms with van der Waals surface area (Å²) in [7, 11) is 3.06. The molecule has 2 aliphatic rings. The van der Waals surface area contributed by atoms with Gasteiger partial charge in [0.05, 0.1) is 36.3 Å². The fourth-order valence-corrected chi connectivity index (χ4v) is 9.09. The molecule has 9 nitrogen and oxygen atoms in total. The number of hydrogen-bond donors (Lipinski definition) is 0. The smallest absolute Gasteiger partial charge is 0.319 e. The fraction of sp³-hybridized carbons (Fsp3) is 0.641. The van der Waals surface area contributed by atoms with Crippen molar-refractivity contribution in [1.82, 2.24) is 4.98 Å². The number of ether oxygens (including phenoxy) is 4. The van der Waals surface area contributed by atoms with Gasteiger partial charge >= 0.3 is 11.9 Å². The highest BCUT2D eigenvalue weighted by Crippen LogP contribution is 2.40. The Morgan fingerprint density at radius 2 is 1.75 bits per heavy atom. The molecule has 6 atom stereocenters. The number of benzene rings is 1. The lowest BCUT2D eigenvalue weighted by molar-refractivity contribution is -0.145. The molecule has 2 fully saturated rings. The Morgan fingerprint density at radius 1 is 1.04 bits per heavy atom. The third kappa shape index (κ3) is 11.4. The molecule has 1 aliphatic heterocycles. The Morgan fingerprint density at radius 3 is 2.41 bits per heavy atom. The van der Waals surface area contributed by atoms with Crippen LogP contribution in [0.25, 0.3) is 0 Å². The first-order chi connectivity index (χ1) is 24.4. The lowest BCUT2D eigenvalue weighted by atomic mass is 9.82. The number of pyridine rings is 1. The number of anilines is 1. The molecule has 5 unspecified atom stereocenters. The quantitative estimate of drug-likeness (QED) is 0.121. The summed E-state index contributed by atoms with van der Waals surface area (Å²) in [6, 6.07) is 5.91. The van der Waals surface area contributed by atoms with Crippen LogP contribution in [0, 0.1) is 23.7 Å². The minimum Gasteiger partial charge on any atom is -0.493 e. The number of nitrogens with zero attached hydrogens (tertiary/aromatic N) is 2. The molecule has 4 rings (SSSR count). The Hall–Kier alpha value is -2.69. The van der Waals surface area contributed by atoms with Gasteiger partial charge in [0.1, 0.15) is 17.1 Å².